The number of carbonyl (C=O) groups is 2. The highest BCUT2D eigenvalue weighted by molar-refractivity contribution is 6.30. The Kier molecular flexibility index (Phi) is 5.43. The van der Waals surface area contributed by atoms with Crippen molar-refractivity contribution in [2.24, 2.45) is 5.73 Å². The first-order valence-electron chi connectivity index (χ1n) is 10.5. The molecule has 1 fully saturated rings. The maximum absolute atomic E-state index is 13.1. The minimum atomic E-state index is -0.606. The van der Waals surface area contributed by atoms with Crippen LogP contribution < -0.4 is 16.0 Å². The van der Waals surface area contributed by atoms with Crippen LogP contribution in [0.15, 0.2) is 48.7 Å². The SMILES string of the molecule is NC(=O)c1cc(Nc2nc(N3CCC[C@H]3C(=O)Cc3ccc(Cl)cc3)nn3cccc23)n[nH]1. The first-order chi connectivity index (χ1) is 16.0. The van der Waals surface area contributed by atoms with Gasteiger partial charge in [0.25, 0.3) is 5.91 Å². The Balaban J connectivity index is 1.42. The van der Waals surface area contributed by atoms with Crippen LogP contribution in [0, 0.1) is 0 Å². The summed E-state index contributed by atoms with van der Waals surface area (Å²) in [7, 11) is 0. The van der Waals surface area contributed by atoms with Gasteiger partial charge in [0.1, 0.15) is 11.2 Å². The molecule has 0 spiro atoms. The smallest absolute Gasteiger partial charge is 0.266 e. The molecule has 4 N–H and O–H groups in total. The van der Waals surface area contributed by atoms with Crippen molar-refractivity contribution in [3.63, 3.8) is 0 Å². The largest absolute Gasteiger partial charge is 0.364 e. The van der Waals surface area contributed by atoms with Gasteiger partial charge in [-0.25, -0.2) is 4.52 Å². The molecule has 1 amide bonds. The van der Waals surface area contributed by atoms with E-state index in [2.05, 4.69) is 20.6 Å². The number of primary amides is 1. The van der Waals surface area contributed by atoms with Gasteiger partial charge in [0.15, 0.2) is 17.4 Å². The van der Waals surface area contributed by atoms with Crippen molar-refractivity contribution >= 4 is 46.4 Å². The predicted octanol–water partition coefficient (Wildman–Crippen LogP) is 2.73. The molecule has 3 aromatic heterocycles. The molecule has 1 aliphatic rings. The highest BCUT2D eigenvalue weighted by Gasteiger charge is 2.33. The molecule has 0 aliphatic carbocycles. The Morgan fingerprint density at radius 3 is 2.82 bits per heavy atom. The van der Waals surface area contributed by atoms with Crippen LogP contribution in [-0.4, -0.2) is 49.1 Å². The van der Waals surface area contributed by atoms with E-state index in [0.29, 0.717) is 35.6 Å². The number of halogens is 1. The maximum Gasteiger partial charge on any atom is 0.266 e. The normalized spacial score (nSPS) is 15.8. The van der Waals surface area contributed by atoms with Crippen LogP contribution in [0.2, 0.25) is 5.02 Å². The fourth-order valence-electron chi connectivity index (χ4n) is 4.03. The number of hydrogen-bond acceptors (Lipinski definition) is 7. The molecule has 1 saturated heterocycles. The summed E-state index contributed by atoms with van der Waals surface area (Å²) >= 11 is 5.96. The molecule has 4 heterocycles. The number of aromatic nitrogens is 5. The minimum Gasteiger partial charge on any atom is -0.364 e. The average molecular weight is 465 g/mol. The van der Waals surface area contributed by atoms with Crippen molar-refractivity contribution in [2.45, 2.75) is 25.3 Å². The van der Waals surface area contributed by atoms with Gasteiger partial charge in [-0.1, -0.05) is 23.7 Å². The number of anilines is 3. The van der Waals surface area contributed by atoms with E-state index < -0.39 is 5.91 Å². The summed E-state index contributed by atoms with van der Waals surface area (Å²) in [5.74, 6) is 0.847. The average Bonchev–Trinajstić information content (AvgIpc) is 3.55. The van der Waals surface area contributed by atoms with E-state index in [1.54, 1.807) is 16.6 Å². The van der Waals surface area contributed by atoms with E-state index in [1.165, 1.54) is 6.07 Å². The lowest BCUT2D eigenvalue weighted by Gasteiger charge is -2.24. The number of benzene rings is 1. The van der Waals surface area contributed by atoms with Gasteiger partial charge in [0.05, 0.1) is 6.04 Å². The van der Waals surface area contributed by atoms with E-state index in [1.807, 2.05) is 35.4 Å². The van der Waals surface area contributed by atoms with Crippen molar-refractivity contribution in [2.75, 3.05) is 16.8 Å². The third-order valence-corrected chi connectivity index (χ3v) is 5.89. The number of fused-ring (bicyclic) bond motifs is 1. The number of nitrogens with two attached hydrogens (primary N) is 1. The number of hydrogen-bond donors (Lipinski definition) is 3. The van der Waals surface area contributed by atoms with Crippen LogP contribution in [-0.2, 0) is 11.2 Å². The molecule has 1 atom stereocenters. The van der Waals surface area contributed by atoms with Gasteiger partial charge in [-0.05, 0) is 42.7 Å². The van der Waals surface area contributed by atoms with Gasteiger partial charge < -0.3 is 16.0 Å². The number of Topliss-reactive ketones (excluding diaryl/α,β-unsaturated/α-hetero) is 1. The molecule has 0 radical (unpaired) electrons. The van der Waals surface area contributed by atoms with E-state index >= 15 is 0 Å². The number of carbonyl (C=O) groups excluding carboxylic acids is 2. The second-order valence-corrected chi connectivity index (χ2v) is 8.31. The van der Waals surface area contributed by atoms with Crippen molar-refractivity contribution in [3.8, 4) is 0 Å². The maximum atomic E-state index is 13.1. The third-order valence-electron chi connectivity index (χ3n) is 5.64. The van der Waals surface area contributed by atoms with Gasteiger partial charge in [-0.2, -0.15) is 10.1 Å². The molecule has 0 bridgehead atoms. The molecule has 5 rings (SSSR count). The summed E-state index contributed by atoms with van der Waals surface area (Å²) in [4.78, 5) is 31.1. The number of aromatic amines is 1. The summed E-state index contributed by atoms with van der Waals surface area (Å²) in [5, 5.41) is 15.0. The van der Waals surface area contributed by atoms with E-state index in [4.69, 9.17) is 22.3 Å². The molecule has 4 aromatic rings. The number of rotatable bonds is 7. The molecular weight excluding hydrogens is 444 g/mol. The number of nitrogens with one attached hydrogen (secondary N) is 2. The lowest BCUT2D eigenvalue weighted by molar-refractivity contribution is -0.119. The van der Waals surface area contributed by atoms with Crippen molar-refractivity contribution in [1.29, 1.82) is 0 Å². The summed E-state index contributed by atoms with van der Waals surface area (Å²) in [5.41, 5.74) is 7.13. The molecule has 11 heteroatoms. The fourth-order valence-corrected chi connectivity index (χ4v) is 4.16. The summed E-state index contributed by atoms with van der Waals surface area (Å²) in [6.45, 7) is 0.678. The Bertz CT molecular complexity index is 1330. The van der Waals surface area contributed by atoms with Crippen molar-refractivity contribution < 1.29 is 9.59 Å². The zero-order chi connectivity index (χ0) is 22.9. The van der Waals surface area contributed by atoms with Crippen molar-refractivity contribution in [1.82, 2.24) is 24.8 Å². The molecule has 1 aliphatic heterocycles. The minimum absolute atomic E-state index is 0.110. The van der Waals surface area contributed by atoms with Crippen LogP contribution in [0.3, 0.4) is 0 Å². The predicted molar refractivity (Wildman–Crippen MR) is 124 cm³/mol. The first-order valence-corrected chi connectivity index (χ1v) is 10.9. The number of ketones is 1. The summed E-state index contributed by atoms with van der Waals surface area (Å²) < 4.78 is 1.70. The van der Waals surface area contributed by atoms with E-state index in [0.717, 1.165) is 23.9 Å². The van der Waals surface area contributed by atoms with Gasteiger partial charge in [0, 0.05) is 30.3 Å². The van der Waals surface area contributed by atoms with Gasteiger partial charge in [-0.15, -0.1) is 5.10 Å². The van der Waals surface area contributed by atoms with Gasteiger partial charge in [0.2, 0.25) is 5.95 Å². The summed E-state index contributed by atoms with van der Waals surface area (Å²) in [6.07, 6.45) is 3.74. The molecule has 33 heavy (non-hydrogen) atoms. The van der Waals surface area contributed by atoms with Crippen molar-refractivity contribution in [3.05, 3.63) is 64.9 Å². The second kappa shape index (κ2) is 8.55. The zero-order valence-corrected chi connectivity index (χ0v) is 18.3. The Labute approximate surface area is 193 Å². The first kappa shape index (κ1) is 21.0. The quantitative estimate of drug-likeness (QED) is 0.382. The van der Waals surface area contributed by atoms with Gasteiger partial charge >= 0.3 is 0 Å². The summed E-state index contributed by atoms with van der Waals surface area (Å²) in [6, 6.07) is 12.2. The molecule has 168 valence electrons. The molecule has 10 nitrogen and oxygen atoms in total. The topological polar surface area (TPSA) is 134 Å². The molecular formula is C22H21ClN8O2. The Hall–Kier alpha value is -3.92. The lowest BCUT2D eigenvalue weighted by atomic mass is 10.0. The highest BCUT2D eigenvalue weighted by atomic mass is 35.5. The Morgan fingerprint density at radius 1 is 1.24 bits per heavy atom. The Morgan fingerprint density at radius 2 is 2.06 bits per heavy atom. The number of H-pyrrole nitrogens is 1. The molecule has 1 aromatic carbocycles. The zero-order valence-electron chi connectivity index (χ0n) is 17.5. The van der Waals surface area contributed by atoms with Crippen LogP contribution in [0.5, 0.6) is 0 Å². The monoisotopic (exact) mass is 464 g/mol. The van der Waals surface area contributed by atoms with Crippen LogP contribution in [0.4, 0.5) is 17.6 Å². The third kappa shape index (κ3) is 4.24. The fraction of sp³-hybridized carbons (Fsp3) is 0.227. The standard InChI is InChI=1S/C22H21ClN8O2/c23-14-7-5-13(6-8-14)11-18(32)16-3-1-9-30(16)22-26-21(17-4-2-10-31(17)29-22)25-19-12-15(20(24)33)27-28-19/h2,4-8,10,12,16H,1,3,9,11H2,(H2,24,33)(H2,25,26,27,28,29)/t16-/m0/s1. The van der Waals surface area contributed by atoms with E-state index in [9.17, 15) is 9.59 Å². The molecule has 0 saturated carbocycles. The second-order valence-electron chi connectivity index (χ2n) is 7.88. The highest BCUT2D eigenvalue weighted by Crippen LogP contribution is 2.28. The van der Waals surface area contributed by atoms with Crippen LogP contribution in [0.1, 0.15) is 28.9 Å². The van der Waals surface area contributed by atoms with E-state index in [-0.39, 0.29) is 17.5 Å². The molecule has 0 unspecified atom stereocenters. The van der Waals surface area contributed by atoms with Crippen LogP contribution in [0.25, 0.3) is 5.52 Å². The van der Waals surface area contributed by atoms with Crippen LogP contribution >= 0.6 is 11.6 Å². The number of amides is 1. The lowest BCUT2D eigenvalue weighted by Crippen LogP contribution is -2.38. The number of nitrogens with zero attached hydrogens (tertiary/aromatic N) is 5. The van der Waals surface area contributed by atoms with Gasteiger partial charge in [-0.3, -0.25) is 14.7 Å².